The minimum Gasteiger partial charge on any atom is -0.315 e. The van der Waals surface area contributed by atoms with Crippen LogP contribution in [0.15, 0.2) is 0 Å². The molecular formula is C13H30N2. The second-order valence-corrected chi connectivity index (χ2v) is 4.73. The highest BCUT2D eigenvalue weighted by atomic mass is 15.2. The van der Waals surface area contributed by atoms with Crippen LogP contribution in [0.5, 0.6) is 0 Å². The molecule has 0 spiro atoms. The van der Waals surface area contributed by atoms with Crippen LogP contribution in [0.4, 0.5) is 0 Å². The van der Waals surface area contributed by atoms with Crippen molar-refractivity contribution in [3.8, 4) is 0 Å². The predicted molar refractivity (Wildman–Crippen MR) is 69.3 cm³/mol. The molecule has 92 valence electrons. The van der Waals surface area contributed by atoms with Crippen LogP contribution in [0, 0.1) is 5.92 Å². The molecule has 1 unspecified atom stereocenters. The van der Waals surface area contributed by atoms with Crippen LogP contribution in [-0.4, -0.2) is 37.1 Å². The van der Waals surface area contributed by atoms with Crippen molar-refractivity contribution in [1.82, 2.24) is 10.2 Å². The van der Waals surface area contributed by atoms with Gasteiger partial charge in [-0.3, -0.25) is 4.90 Å². The first-order chi connectivity index (χ1) is 7.15. The SMILES string of the molecule is CCCC(CNCC)N(CC)CC(C)C. The van der Waals surface area contributed by atoms with Gasteiger partial charge < -0.3 is 5.32 Å². The van der Waals surface area contributed by atoms with Crippen molar-refractivity contribution in [3.05, 3.63) is 0 Å². The van der Waals surface area contributed by atoms with E-state index in [4.69, 9.17) is 0 Å². The van der Waals surface area contributed by atoms with Gasteiger partial charge in [-0.1, -0.05) is 41.0 Å². The van der Waals surface area contributed by atoms with Crippen molar-refractivity contribution in [2.75, 3.05) is 26.2 Å². The van der Waals surface area contributed by atoms with E-state index in [-0.39, 0.29) is 0 Å². The predicted octanol–water partition coefficient (Wildman–Crippen LogP) is 2.74. The van der Waals surface area contributed by atoms with Crippen LogP contribution < -0.4 is 5.32 Å². The molecule has 15 heavy (non-hydrogen) atoms. The van der Waals surface area contributed by atoms with Gasteiger partial charge >= 0.3 is 0 Å². The van der Waals surface area contributed by atoms with E-state index in [1.165, 1.54) is 25.9 Å². The standard InChI is InChI=1S/C13H30N2/c1-6-9-13(10-14-7-2)15(8-3)11-12(4)5/h12-14H,6-11H2,1-5H3. The number of nitrogens with zero attached hydrogens (tertiary/aromatic N) is 1. The molecule has 1 atom stereocenters. The fourth-order valence-electron chi connectivity index (χ4n) is 2.06. The van der Waals surface area contributed by atoms with Gasteiger partial charge in [0.05, 0.1) is 0 Å². The summed E-state index contributed by atoms with van der Waals surface area (Å²) in [6.07, 6.45) is 2.60. The van der Waals surface area contributed by atoms with Gasteiger partial charge in [0, 0.05) is 19.1 Å². The van der Waals surface area contributed by atoms with Gasteiger partial charge in [0.1, 0.15) is 0 Å². The number of rotatable bonds is 9. The van der Waals surface area contributed by atoms with Gasteiger partial charge in [-0.2, -0.15) is 0 Å². The zero-order chi connectivity index (χ0) is 11.7. The summed E-state index contributed by atoms with van der Waals surface area (Å²) in [6, 6.07) is 0.724. The Morgan fingerprint density at radius 2 is 1.80 bits per heavy atom. The van der Waals surface area contributed by atoms with Crippen molar-refractivity contribution >= 4 is 0 Å². The average molecular weight is 214 g/mol. The lowest BCUT2D eigenvalue weighted by Crippen LogP contribution is -2.43. The minimum atomic E-state index is 0.724. The van der Waals surface area contributed by atoms with E-state index in [1.807, 2.05) is 0 Å². The fourth-order valence-corrected chi connectivity index (χ4v) is 2.06. The van der Waals surface area contributed by atoms with Crippen LogP contribution in [0.1, 0.15) is 47.5 Å². The highest BCUT2D eigenvalue weighted by molar-refractivity contribution is 4.73. The van der Waals surface area contributed by atoms with E-state index in [1.54, 1.807) is 0 Å². The minimum absolute atomic E-state index is 0.724. The number of nitrogens with one attached hydrogen (secondary N) is 1. The van der Waals surface area contributed by atoms with Gasteiger partial charge in [0.15, 0.2) is 0 Å². The first kappa shape index (κ1) is 14.9. The summed E-state index contributed by atoms with van der Waals surface area (Å²) in [5.41, 5.74) is 0. The third-order valence-corrected chi connectivity index (χ3v) is 2.77. The topological polar surface area (TPSA) is 15.3 Å². The van der Waals surface area contributed by atoms with E-state index in [0.29, 0.717) is 0 Å². The highest BCUT2D eigenvalue weighted by Crippen LogP contribution is 2.09. The van der Waals surface area contributed by atoms with Crippen LogP contribution >= 0.6 is 0 Å². The first-order valence-electron chi connectivity index (χ1n) is 6.60. The lowest BCUT2D eigenvalue weighted by Gasteiger charge is -2.32. The molecular weight excluding hydrogens is 184 g/mol. The molecule has 0 aliphatic carbocycles. The maximum Gasteiger partial charge on any atom is 0.0220 e. The largest absolute Gasteiger partial charge is 0.315 e. The molecule has 2 nitrogen and oxygen atoms in total. The Kier molecular flexibility index (Phi) is 9.12. The Morgan fingerprint density at radius 1 is 1.13 bits per heavy atom. The normalized spacial score (nSPS) is 13.8. The van der Waals surface area contributed by atoms with Gasteiger partial charge in [-0.15, -0.1) is 0 Å². The van der Waals surface area contributed by atoms with Crippen molar-refractivity contribution < 1.29 is 0 Å². The second-order valence-electron chi connectivity index (χ2n) is 4.73. The highest BCUT2D eigenvalue weighted by Gasteiger charge is 2.16. The van der Waals surface area contributed by atoms with E-state index in [0.717, 1.165) is 25.0 Å². The number of likely N-dealkylation sites (N-methyl/N-ethyl adjacent to an activating group) is 2. The summed E-state index contributed by atoms with van der Waals surface area (Å²) in [5.74, 6) is 0.769. The van der Waals surface area contributed by atoms with Gasteiger partial charge in [-0.05, 0) is 25.4 Å². The summed E-state index contributed by atoms with van der Waals surface area (Å²) < 4.78 is 0. The molecule has 0 heterocycles. The summed E-state index contributed by atoms with van der Waals surface area (Å²) in [7, 11) is 0. The molecule has 1 N–H and O–H groups in total. The quantitative estimate of drug-likeness (QED) is 0.635. The number of hydrogen-bond acceptors (Lipinski definition) is 2. The van der Waals surface area contributed by atoms with E-state index in [9.17, 15) is 0 Å². The van der Waals surface area contributed by atoms with Gasteiger partial charge in [0.25, 0.3) is 0 Å². The zero-order valence-electron chi connectivity index (χ0n) is 11.3. The maximum absolute atomic E-state index is 3.48. The van der Waals surface area contributed by atoms with E-state index in [2.05, 4.69) is 44.8 Å². The average Bonchev–Trinajstić information content (AvgIpc) is 2.20. The summed E-state index contributed by atoms with van der Waals surface area (Å²) in [6.45, 7) is 16.0. The summed E-state index contributed by atoms with van der Waals surface area (Å²) >= 11 is 0. The molecule has 0 rings (SSSR count). The van der Waals surface area contributed by atoms with E-state index < -0.39 is 0 Å². The second kappa shape index (κ2) is 9.17. The first-order valence-corrected chi connectivity index (χ1v) is 6.60. The molecule has 0 fully saturated rings. The van der Waals surface area contributed by atoms with Gasteiger partial charge in [0.2, 0.25) is 0 Å². The number of hydrogen-bond donors (Lipinski definition) is 1. The van der Waals surface area contributed by atoms with Crippen LogP contribution in [0.25, 0.3) is 0 Å². The molecule has 0 aliphatic rings. The Bertz CT molecular complexity index is 134. The Balaban J connectivity index is 4.12. The monoisotopic (exact) mass is 214 g/mol. The lowest BCUT2D eigenvalue weighted by atomic mass is 10.1. The van der Waals surface area contributed by atoms with Crippen molar-refractivity contribution in [3.63, 3.8) is 0 Å². The molecule has 0 bridgehead atoms. The molecule has 0 aromatic heterocycles. The molecule has 0 saturated heterocycles. The van der Waals surface area contributed by atoms with E-state index >= 15 is 0 Å². The van der Waals surface area contributed by atoms with Crippen molar-refractivity contribution in [1.29, 1.82) is 0 Å². The molecule has 0 aliphatic heterocycles. The third kappa shape index (κ3) is 6.91. The lowest BCUT2D eigenvalue weighted by molar-refractivity contribution is 0.171. The Morgan fingerprint density at radius 3 is 2.20 bits per heavy atom. The molecule has 0 aromatic rings. The molecule has 0 amide bonds. The molecule has 0 aromatic carbocycles. The fraction of sp³-hybridized carbons (Fsp3) is 1.00. The van der Waals surface area contributed by atoms with Crippen LogP contribution in [0.3, 0.4) is 0 Å². The van der Waals surface area contributed by atoms with Gasteiger partial charge in [-0.25, -0.2) is 0 Å². The van der Waals surface area contributed by atoms with Crippen molar-refractivity contribution in [2.24, 2.45) is 5.92 Å². The van der Waals surface area contributed by atoms with Crippen LogP contribution in [-0.2, 0) is 0 Å². The summed E-state index contributed by atoms with van der Waals surface area (Å²) in [4.78, 5) is 2.62. The Labute approximate surface area is 96.4 Å². The molecule has 0 saturated carbocycles. The molecule has 0 radical (unpaired) electrons. The smallest absolute Gasteiger partial charge is 0.0220 e. The van der Waals surface area contributed by atoms with Crippen molar-refractivity contribution in [2.45, 2.75) is 53.5 Å². The zero-order valence-corrected chi connectivity index (χ0v) is 11.3. The molecule has 2 heteroatoms. The summed E-state index contributed by atoms with van der Waals surface area (Å²) in [5, 5.41) is 3.48. The third-order valence-electron chi connectivity index (χ3n) is 2.77. The maximum atomic E-state index is 3.48. The Hall–Kier alpha value is -0.0800. The van der Waals surface area contributed by atoms with Crippen LogP contribution in [0.2, 0.25) is 0 Å².